The lowest BCUT2D eigenvalue weighted by molar-refractivity contribution is -0.121. The van der Waals surface area contributed by atoms with Gasteiger partial charge in [-0.2, -0.15) is 0 Å². The Morgan fingerprint density at radius 1 is 1.00 bits per heavy atom. The van der Waals surface area contributed by atoms with E-state index in [1.165, 1.54) is 12.0 Å². The van der Waals surface area contributed by atoms with Gasteiger partial charge in [0.05, 0.1) is 0 Å². The zero-order valence-electron chi connectivity index (χ0n) is 16.0. The Labute approximate surface area is 161 Å². The second-order valence-corrected chi connectivity index (χ2v) is 7.30. The van der Waals surface area contributed by atoms with Crippen LogP contribution in [-0.2, 0) is 17.8 Å². The molecule has 142 valence electrons. The topological polar surface area (TPSA) is 49.4 Å². The summed E-state index contributed by atoms with van der Waals surface area (Å²) in [4.78, 5) is 26.7. The van der Waals surface area contributed by atoms with Gasteiger partial charge in [-0.05, 0) is 55.9 Å². The Kier molecular flexibility index (Phi) is 6.64. The van der Waals surface area contributed by atoms with Crippen LogP contribution in [0.5, 0.6) is 0 Å². The third-order valence-corrected chi connectivity index (χ3v) is 5.24. The Balaban J connectivity index is 1.47. The van der Waals surface area contributed by atoms with Crippen molar-refractivity contribution in [3.05, 3.63) is 71.3 Å². The Bertz CT molecular complexity index is 756. The van der Waals surface area contributed by atoms with Crippen LogP contribution in [0.15, 0.2) is 54.6 Å². The Morgan fingerprint density at radius 3 is 2.44 bits per heavy atom. The highest BCUT2D eigenvalue weighted by atomic mass is 16.2. The number of nitrogens with zero attached hydrogens (tertiary/aromatic N) is 1. The molecule has 0 saturated carbocycles. The predicted octanol–water partition coefficient (Wildman–Crippen LogP) is 3.95. The van der Waals surface area contributed by atoms with E-state index in [0.29, 0.717) is 19.0 Å². The number of hydrogen-bond donors (Lipinski definition) is 1. The third-order valence-electron chi connectivity index (χ3n) is 5.24. The molecule has 0 aliphatic carbocycles. The zero-order valence-corrected chi connectivity index (χ0v) is 16.0. The van der Waals surface area contributed by atoms with Crippen molar-refractivity contribution in [3.63, 3.8) is 0 Å². The zero-order chi connectivity index (χ0) is 19.1. The van der Waals surface area contributed by atoms with Crippen LogP contribution in [-0.4, -0.2) is 29.3 Å². The number of carbonyl (C=O) groups is 2. The molecule has 0 spiro atoms. The van der Waals surface area contributed by atoms with Gasteiger partial charge in [0.2, 0.25) is 5.91 Å². The number of likely N-dealkylation sites (tertiary alicyclic amines) is 1. The smallest absolute Gasteiger partial charge is 0.254 e. The van der Waals surface area contributed by atoms with Crippen molar-refractivity contribution >= 4 is 11.8 Å². The fourth-order valence-corrected chi connectivity index (χ4v) is 3.52. The van der Waals surface area contributed by atoms with Crippen LogP contribution in [0.1, 0.15) is 54.1 Å². The summed E-state index contributed by atoms with van der Waals surface area (Å²) < 4.78 is 0. The lowest BCUT2D eigenvalue weighted by atomic mass is 10.0. The van der Waals surface area contributed by atoms with E-state index in [4.69, 9.17) is 0 Å². The third kappa shape index (κ3) is 5.43. The molecule has 0 bridgehead atoms. The van der Waals surface area contributed by atoms with Gasteiger partial charge in [-0.3, -0.25) is 9.59 Å². The van der Waals surface area contributed by atoms with Gasteiger partial charge in [-0.1, -0.05) is 42.5 Å². The molecule has 1 unspecified atom stereocenters. The van der Waals surface area contributed by atoms with Crippen molar-refractivity contribution in [2.45, 2.75) is 51.6 Å². The molecule has 1 aliphatic heterocycles. The minimum atomic E-state index is 0.0427. The molecule has 0 radical (unpaired) electrons. The molecule has 27 heavy (non-hydrogen) atoms. The van der Waals surface area contributed by atoms with Gasteiger partial charge in [0.15, 0.2) is 0 Å². The first kappa shape index (κ1) is 19.2. The molecule has 4 nitrogen and oxygen atoms in total. The fraction of sp³-hybridized carbons (Fsp3) is 0.391. The maximum atomic E-state index is 12.7. The van der Waals surface area contributed by atoms with Crippen molar-refractivity contribution in [1.82, 2.24) is 10.2 Å². The Hall–Kier alpha value is -2.62. The van der Waals surface area contributed by atoms with E-state index in [2.05, 4.69) is 12.2 Å². The number of nitrogens with one attached hydrogen (secondary N) is 1. The second kappa shape index (κ2) is 9.36. The molecule has 1 atom stereocenters. The summed E-state index contributed by atoms with van der Waals surface area (Å²) in [5.41, 5.74) is 2.90. The second-order valence-electron chi connectivity index (χ2n) is 7.30. The maximum Gasteiger partial charge on any atom is 0.254 e. The molecule has 2 aromatic carbocycles. The van der Waals surface area contributed by atoms with Gasteiger partial charge < -0.3 is 10.2 Å². The van der Waals surface area contributed by atoms with E-state index in [9.17, 15) is 9.59 Å². The molecule has 2 aromatic rings. The van der Waals surface area contributed by atoms with Crippen molar-refractivity contribution in [2.75, 3.05) is 6.54 Å². The van der Waals surface area contributed by atoms with E-state index in [0.717, 1.165) is 36.9 Å². The van der Waals surface area contributed by atoms with Gasteiger partial charge in [0, 0.05) is 31.1 Å². The predicted molar refractivity (Wildman–Crippen MR) is 107 cm³/mol. The van der Waals surface area contributed by atoms with E-state index in [1.807, 2.05) is 59.5 Å². The minimum Gasteiger partial charge on any atom is -0.352 e. The van der Waals surface area contributed by atoms with Crippen molar-refractivity contribution in [3.8, 4) is 0 Å². The number of aryl methyl sites for hydroxylation is 1. The van der Waals surface area contributed by atoms with Crippen LogP contribution < -0.4 is 5.32 Å². The molecule has 1 N–H and O–H groups in total. The molecular weight excluding hydrogens is 336 g/mol. The number of piperidine rings is 1. The molecule has 1 aliphatic rings. The average molecular weight is 364 g/mol. The normalized spacial score (nSPS) is 16.8. The number of hydrogen-bond acceptors (Lipinski definition) is 2. The molecule has 4 heteroatoms. The van der Waals surface area contributed by atoms with Crippen molar-refractivity contribution < 1.29 is 9.59 Å². The van der Waals surface area contributed by atoms with Crippen LogP contribution in [0.25, 0.3) is 0 Å². The highest BCUT2D eigenvalue weighted by Gasteiger charge is 2.23. The first-order chi connectivity index (χ1) is 13.1. The quantitative estimate of drug-likeness (QED) is 0.844. The Morgan fingerprint density at radius 2 is 1.74 bits per heavy atom. The summed E-state index contributed by atoms with van der Waals surface area (Å²) in [5.74, 6) is 0.154. The average Bonchev–Trinajstić information content (AvgIpc) is 2.72. The van der Waals surface area contributed by atoms with Crippen LogP contribution in [0.3, 0.4) is 0 Å². The van der Waals surface area contributed by atoms with Crippen LogP contribution >= 0.6 is 0 Å². The minimum absolute atomic E-state index is 0.0427. The molecule has 1 saturated heterocycles. The SMILES string of the molecule is CC1CCCCN1C(=O)c1ccc(CNC(=O)CCc2ccccc2)cc1. The lowest BCUT2D eigenvalue weighted by Crippen LogP contribution is -2.42. The number of carbonyl (C=O) groups excluding carboxylic acids is 2. The first-order valence-corrected chi connectivity index (χ1v) is 9.84. The monoisotopic (exact) mass is 364 g/mol. The summed E-state index contributed by atoms with van der Waals surface area (Å²) in [6, 6.07) is 17.9. The van der Waals surface area contributed by atoms with Crippen LogP contribution in [0, 0.1) is 0 Å². The highest BCUT2D eigenvalue weighted by Crippen LogP contribution is 2.19. The summed E-state index contributed by atoms with van der Waals surface area (Å²) in [6.45, 7) is 3.46. The summed E-state index contributed by atoms with van der Waals surface area (Å²) in [5, 5.41) is 2.95. The van der Waals surface area contributed by atoms with Gasteiger partial charge in [0.1, 0.15) is 0 Å². The van der Waals surface area contributed by atoms with E-state index < -0.39 is 0 Å². The number of benzene rings is 2. The van der Waals surface area contributed by atoms with E-state index >= 15 is 0 Å². The summed E-state index contributed by atoms with van der Waals surface area (Å²) in [7, 11) is 0. The van der Waals surface area contributed by atoms with Gasteiger partial charge in [-0.25, -0.2) is 0 Å². The van der Waals surface area contributed by atoms with Gasteiger partial charge >= 0.3 is 0 Å². The van der Waals surface area contributed by atoms with Crippen molar-refractivity contribution in [2.24, 2.45) is 0 Å². The fourth-order valence-electron chi connectivity index (χ4n) is 3.52. The molecular formula is C23H28N2O2. The first-order valence-electron chi connectivity index (χ1n) is 9.84. The van der Waals surface area contributed by atoms with Crippen molar-refractivity contribution in [1.29, 1.82) is 0 Å². The highest BCUT2D eigenvalue weighted by molar-refractivity contribution is 5.94. The number of amides is 2. The maximum absolute atomic E-state index is 12.7. The molecule has 1 heterocycles. The van der Waals surface area contributed by atoms with Gasteiger partial charge in [0.25, 0.3) is 5.91 Å². The van der Waals surface area contributed by atoms with Crippen LogP contribution in [0.4, 0.5) is 0 Å². The largest absolute Gasteiger partial charge is 0.352 e. The molecule has 2 amide bonds. The summed E-state index contributed by atoms with van der Waals surface area (Å²) in [6.07, 6.45) is 4.59. The summed E-state index contributed by atoms with van der Waals surface area (Å²) >= 11 is 0. The molecule has 0 aromatic heterocycles. The van der Waals surface area contributed by atoms with E-state index in [1.54, 1.807) is 0 Å². The van der Waals surface area contributed by atoms with E-state index in [-0.39, 0.29) is 11.8 Å². The lowest BCUT2D eigenvalue weighted by Gasteiger charge is -2.33. The molecule has 3 rings (SSSR count). The van der Waals surface area contributed by atoms with Crippen LogP contribution in [0.2, 0.25) is 0 Å². The molecule has 1 fully saturated rings. The standard InChI is InChI=1S/C23H28N2O2/c1-18-7-5-6-16-25(18)23(27)21-13-10-20(11-14-21)17-24-22(26)15-12-19-8-3-2-4-9-19/h2-4,8-11,13-14,18H,5-7,12,15-17H2,1H3,(H,24,26). The van der Waals surface area contributed by atoms with Gasteiger partial charge in [-0.15, -0.1) is 0 Å². The number of rotatable bonds is 6.